The van der Waals surface area contributed by atoms with Crippen LogP contribution in [-0.2, 0) is 11.2 Å². The Labute approximate surface area is 144 Å². The molecule has 0 bridgehead atoms. The van der Waals surface area contributed by atoms with Crippen molar-refractivity contribution in [3.63, 3.8) is 0 Å². The third kappa shape index (κ3) is 8.77. The van der Waals surface area contributed by atoms with Gasteiger partial charge in [0.15, 0.2) is 5.96 Å². The Hall–Kier alpha value is -1.02. The molecule has 0 saturated carbocycles. The highest BCUT2D eigenvalue weighted by atomic mass is 127. The van der Waals surface area contributed by atoms with Gasteiger partial charge in [0.25, 0.3) is 0 Å². The van der Waals surface area contributed by atoms with Crippen molar-refractivity contribution in [1.29, 1.82) is 0 Å². The Morgan fingerprint density at radius 3 is 2.33 bits per heavy atom. The van der Waals surface area contributed by atoms with E-state index in [1.165, 1.54) is 5.56 Å². The Morgan fingerprint density at radius 1 is 1.10 bits per heavy atom. The molecule has 1 aromatic carbocycles. The zero-order valence-corrected chi connectivity index (χ0v) is 15.3. The lowest BCUT2D eigenvalue weighted by Crippen LogP contribution is -2.38. The predicted octanol–water partition coefficient (Wildman–Crippen LogP) is 2.06. The SMILES string of the molecule is CN=C(NCCCOC)NCCc1ccc(OC)cc1.I. The zero-order chi connectivity index (χ0) is 14.6. The van der Waals surface area contributed by atoms with Crippen LogP contribution in [-0.4, -0.2) is 46.9 Å². The van der Waals surface area contributed by atoms with Gasteiger partial charge >= 0.3 is 0 Å². The second kappa shape index (κ2) is 12.7. The summed E-state index contributed by atoms with van der Waals surface area (Å²) in [5.41, 5.74) is 1.27. The summed E-state index contributed by atoms with van der Waals surface area (Å²) in [7, 11) is 5.16. The monoisotopic (exact) mass is 407 g/mol. The van der Waals surface area contributed by atoms with E-state index in [1.54, 1.807) is 21.3 Å². The maximum atomic E-state index is 5.14. The van der Waals surface area contributed by atoms with Gasteiger partial charge in [-0.1, -0.05) is 12.1 Å². The molecule has 1 rings (SSSR count). The smallest absolute Gasteiger partial charge is 0.190 e. The maximum absolute atomic E-state index is 5.14. The number of ether oxygens (including phenoxy) is 2. The Bertz CT molecular complexity index is 396. The Balaban J connectivity index is 0.00000400. The van der Waals surface area contributed by atoms with Crippen LogP contribution in [0, 0.1) is 0 Å². The van der Waals surface area contributed by atoms with Crippen molar-refractivity contribution in [2.75, 3.05) is 41.0 Å². The van der Waals surface area contributed by atoms with Crippen molar-refractivity contribution < 1.29 is 9.47 Å². The molecule has 0 heterocycles. The molecule has 6 heteroatoms. The first-order chi connectivity index (χ1) is 9.80. The number of nitrogens with zero attached hydrogens (tertiary/aromatic N) is 1. The molecule has 1 aromatic rings. The predicted molar refractivity (Wildman–Crippen MR) is 98.0 cm³/mol. The second-order valence-electron chi connectivity index (χ2n) is 4.37. The highest BCUT2D eigenvalue weighted by Crippen LogP contribution is 2.11. The number of guanidine groups is 1. The molecule has 0 spiro atoms. The number of aliphatic imine (C=N–C) groups is 1. The minimum Gasteiger partial charge on any atom is -0.497 e. The van der Waals surface area contributed by atoms with Gasteiger partial charge in [0, 0.05) is 33.9 Å². The van der Waals surface area contributed by atoms with Crippen LogP contribution >= 0.6 is 24.0 Å². The lowest BCUT2D eigenvalue weighted by atomic mass is 10.1. The normalized spacial score (nSPS) is 10.7. The van der Waals surface area contributed by atoms with Crippen molar-refractivity contribution in [2.45, 2.75) is 12.8 Å². The summed E-state index contributed by atoms with van der Waals surface area (Å²) in [5.74, 6) is 1.71. The van der Waals surface area contributed by atoms with Crippen molar-refractivity contribution in [3.8, 4) is 5.75 Å². The number of nitrogens with one attached hydrogen (secondary N) is 2. The highest BCUT2D eigenvalue weighted by molar-refractivity contribution is 14.0. The van der Waals surface area contributed by atoms with Crippen molar-refractivity contribution >= 4 is 29.9 Å². The van der Waals surface area contributed by atoms with Crippen LogP contribution in [0.5, 0.6) is 5.75 Å². The molecular formula is C15H26IN3O2. The molecule has 0 aromatic heterocycles. The second-order valence-corrected chi connectivity index (χ2v) is 4.37. The number of halogens is 1. The molecule has 0 atom stereocenters. The Kier molecular flexibility index (Phi) is 12.1. The summed E-state index contributed by atoms with van der Waals surface area (Å²) in [6.07, 6.45) is 1.92. The summed E-state index contributed by atoms with van der Waals surface area (Å²) < 4.78 is 10.1. The Morgan fingerprint density at radius 2 is 1.76 bits per heavy atom. The molecule has 0 fully saturated rings. The van der Waals surface area contributed by atoms with E-state index in [2.05, 4.69) is 27.8 Å². The van der Waals surface area contributed by atoms with E-state index < -0.39 is 0 Å². The summed E-state index contributed by atoms with van der Waals surface area (Å²) in [4.78, 5) is 4.18. The van der Waals surface area contributed by atoms with Crippen molar-refractivity contribution in [1.82, 2.24) is 10.6 Å². The van der Waals surface area contributed by atoms with Gasteiger partial charge in [0.05, 0.1) is 7.11 Å². The molecule has 0 radical (unpaired) electrons. The molecule has 120 valence electrons. The summed E-state index contributed by atoms with van der Waals surface area (Å²) in [5, 5.41) is 6.54. The van der Waals surface area contributed by atoms with Crippen LogP contribution in [0.25, 0.3) is 0 Å². The molecule has 0 saturated heterocycles. The fourth-order valence-corrected chi connectivity index (χ4v) is 1.76. The average molecular weight is 407 g/mol. The molecular weight excluding hydrogens is 381 g/mol. The number of benzene rings is 1. The number of methoxy groups -OCH3 is 2. The van der Waals surface area contributed by atoms with Gasteiger partial charge in [-0.15, -0.1) is 24.0 Å². The molecule has 5 nitrogen and oxygen atoms in total. The lowest BCUT2D eigenvalue weighted by Gasteiger charge is -2.11. The topological polar surface area (TPSA) is 54.9 Å². The first-order valence-electron chi connectivity index (χ1n) is 6.86. The molecule has 0 unspecified atom stereocenters. The van der Waals surface area contributed by atoms with E-state index in [0.717, 1.165) is 44.2 Å². The van der Waals surface area contributed by atoms with E-state index >= 15 is 0 Å². The van der Waals surface area contributed by atoms with Gasteiger partial charge in [-0.2, -0.15) is 0 Å². The van der Waals surface area contributed by atoms with Crippen molar-refractivity contribution in [3.05, 3.63) is 29.8 Å². The lowest BCUT2D eigenvalue weighted by molar-refractivity contribution is 0.195. The molecule has 0 aliphatic carbocycles. The largest absolute Gasteiger partial charge is 0.497 e. The molecule has 0 amide bonds. The minimum atomic E-state index is 0. The standard InChI is InChI=1S/C15H25N3O2.HI/c1-16-15(17-10-4-12-19-2)18-11-9-13-5-7-14(20-3)8-6-13;/h5-8H,4,9-12H2,1-3H3,(H2,16,17,18);1H. The van der Waals surface area contributed by atoms with Gasteiger partial charge in [0.2, 0.25) is 0 Å². The van der Waals surface area contributed by atoms with Gasteiger partial charge in [-0.05, 0) is 30.5 Å². The molecule has 2 N–H and O–H groups in total. The summed E-state index contributed by atoms with van der Waals surface area (Å²) in [6.45, 7) is 2.46. The van der Waals surface area contributed by atoms with Gasteiger partial charge in [0.1, 0.15) is 5.75 Å². The van der Waals surface area contributed by atoms with Crippen LogP contribution in [0.3, 0.4) is 0 Å². The van der Waals surface area contributed by atoms with E-state index in [4.69, 9.17) is 9.47 Å². The van der Waals surface area contributed by atoms with Crippen LogP contribution < -0.4 is 15.4 Å². The minimum absolute atomic E-state index is 0. The van der Waals surface area contributed by atoms with Crippen LogP contribution in [0.15, 0.2) is 29.3 Å². The van der Waals surface area contributed by atoms with E-state index in [9.17, 15) is 0 Å². The van der Waals surface area contributed by atoms with Crippen LogP contribution in [0.1, 0.15) is 12.0 Å². The fraction of sp³-hybridized carbons (Fsp3) is 0.533. The molecule has 21 heavy (non-hydrogen) atoms. The van der Waals surface area contributed by atoms with E-state index in [0.29, 0.717) is 0 Å². The van der Waals surface area contributed by atoms with E-state index in [-0.39, 0.29) is 24.0 Å². The van der Waals surface area contributed by atoms with Gasteiger partial charge in [-0.25, -0.2) is 0 Å². The number of hydrogen-bond donors (Lipinski definition) is 2. The summed E-state index contributed by atoms with van der Waals surface area (Å²) >= 11 is 0. The fourth-order valence-electron chi connectivity index (χ4n) is 1.76. The van der Waals surface area contributed by atoms with Crippen molar-refractivity contribution in [2.24, 2.45) is 4.99 Å². The molecule has 0 aliphatic rings. The number of rotatable bonds is 8. The van der Waals surface area contributed by atoms with E-state index in [1.807, 2.05) is 12.1 Å². The third-order valence-corrected chi connectivity index (χ3v) is 2.91. The molecule has 0 aliphatic heterocycles. The zero-order valence-electron chi connectivity index (χ0n) is 13.0. The quantitative estimate of drug-likeness (QED) is 0.300. The van der Waals surface area contributed by atoms with Crippen LogP contribution in [0.4, 0.5) is 0 Å². The number of hydrogen-bond acceptors (Lipinski definition) is 3. The third-order valence-electron chi connectivity index (χ3n) is 2.91. The van der Waals surface area contributed by atoms with Gasteiger partial charge in [-0.3, -0.25) is 4.99 Å². The maximum Gasteiger partial charge on any atom is 0.190 e. The summed E-state index contributed by atoms with van der Waals surface area (Å²) in [6, 6.07) is 8.12. The van der Waals surface area contributed by atoms with Crippen LogP contribution in [0.2, 0.25) is 0 Å². The average Bonchev–Trinajstić information content (AvgIpc) is 2.50. The first-order valence-corrected chi connectivity index (χ1v) is 6.86. The highest BCUT2D eigenvalue weighted by Gasteiger charge is 1.98. The van der Waals surface area contributed by atoms with Gasteiger partial charge < -0.3 is 20.1 Å². The first kappa shape index (κ1) is 20.0.